The Bertz CT molecular complexity index is 585. The second-order valence-electron chi connectivity index (χ2n) is 7.33. The molecule has 1 aliphatic rings. The number of amides is 2. The topological polar surface area (TPSA) is 98.1 Å². The van der Waals surface area contributed by atoms with Crippen LogP contribution in [0.25, 0.3) is 0 Å². The predicted octanol–water partition coefficient (Wildman–Crippen LogP) is 1.52. The van der Waals surface area contributed by atoms with Gasteiger partial charge in [0.25, 0.3) is 0 Å². The van der Waals surface area contributed by atoms with Gasteiger partial charge in [0, 0.05) is 13.6 Å². The zero-order valence-electron chi connectivity index (χ0n) is 14.9. The summed E-state index contributed by atoms with van der Waals surface area (Å²) in [4.78, 5) is 28.7. The highest BCUT2D eigenvalue weighted by molar-refractivity contribution is 5.83. The van der Waals surface area contributed by atoms with Gasteiger partial charge in [0.2, 0.25) is 5.91 Å². The first-order valence-corrected chi connectivity index (χ1v) is 8.30. The van der Waals surface area contributed by atoms with E-state index in [1.54, 1.807) is 11.7 Å². The second-order valence-corrected chi connectivity index (χ2v) is 7.33. The Kier molecular flexibility index (Phi) is 5.46. The van der Waals surface area contributed by atoms with E-state index in [-0.39, 0.29) is 12.5 Å². The van der Waals surface area contributed by atoms with Crippen molar-refractivity contribution in [3.63, 3.8) is 0 Å². The van der Waals surface area contributed by atoms with Crippen molar-refractivity contribution in [1.29, 1.82) is 0 Å². The molecule has 8 heteroatoms. The Balaban J connectivity index is 1.93. The average Bonchev–Trinajstić information content (AvgIpc) is 3.11. The molecule has 2 N–H and O–H groups in total. The summed E-state index contributed by atoms with van der Waals surface area (Å²) in [5.41, 5.74) is -1.13. The number of aromatic nitrogens is 3. The minimum absolute atomic E-state index is 0.0564. The first kappa shape index (κ1) is 18.2. The van der Waals surface area contributed by atoms with Gasteiger partial charge in [0.15, 0.2) is 0 Å². The Labute approximate surface area is 142 Å². The molecule has 1 aromatic rings. The molecule has 0 aliphatic heterocycles. The first-order valence-electron chi connectivity index (χ1n) is 8.30. The van der Waals surface area contributed by atoms with Crippen molar-refractivity contribution in [3.8, 4) is 0 Å². The fourth-order valence-corrected chi connectivity index (χ4v) is 2.92. The van der Waals surface area contributed by atoms with Crippen LogP contribution in [0.5, 0.6) is 0 Å². The monoisotopic (exact) mass is 337 g/mol. The highest BCUT2D eigenvalue weighted by atomic mass is 16.6. The molecule has 0 atom stereocenters. The highest BCUT2D eigenvalue weighted by Crippen LogP contribution is 2.38. The Hall–Kier alpha value is -2.12. The lowest BCUT2D eigenvalue weighted by molar-refractivity contribution is -0.130. The van der Waals surface area contributed by atoms with Crippen LogP contribution >= 0.6 is 0 Å². The smallest absolute Gasteiger partial charge is 0.407 e. The number of alkyl carbamates (subject to hydrolysis) is 1. The van der Waals surface area contributed by atoms with Gasteiger partial charge >= 0.3 is 6.09 Å². The minimum Gasteiger partial charge on any atom is -0.444 e. The van der Waals surface area contributed by atoms with Gasteiger partial charge in [-0.1, -0.05) is 12.8 Å². The molecule has 0 saturated heterocycles. The highest BCUT2D eigenvalue weighted by Gasteiger charge is 2.41. The van der Waals surface area contributed by atoms with Gasteiger partial charge in [-0.2, -0.15) is 5.10 Å². The zero-order valence-corrected chi connectivity index (χ0v) is 14.9. The van der Waals surface area contributed by atoms with E-state index in [1.807, 2.05) is 20.8 Å². The molecular weight excluding hydrogens is 310 g/mol. The SMILES string of the molecule is Cn1ncnc1CNC(=O)C1(CNC(=O)OC(C)(C)C)CCCC1. The van der Waals surface area contributed by atoms with Gasteiger partial charge in [-0.3, -0.25) is 9.48 Å². The van der Waals surface area contributed by atoms with E-state index in [0.717, 1.165) is 25.7 Å². The second kappa shape index (κ2) is 7.19. The number of nitrogens with one attached hydrogen (secondary N) is 2. The predicted molar refractivity (Wildman–Crippen MR) is 88.0 cm³/mol. The van der Waals surface area contributed by atoms with E-state index in [1.165, 1.54) is 6.33 Å². The summed E-state index contributed by atoms with van der Waals surface area (Å²) in [5, 5.41) is 9.66. The van der Waals surface area contributed by atoms with E-state index >= 15 is 0 Å². The summed E-state index contributed by atoms with van der Waals surface area (Å²) in [6.45, 7) is 6.04. The van der Waals surface area contributed by atoms with Gasteiger partial charge in [-0.15, -0.1) is 0 Å². The van der Waals surface area contributed by atoms with Crippen LogP contribution in [0.1, 0.15) is 52.3 Å². The van der Waals surface area contributed by atoms with E-state index in [0.29, 0.717) is 12.4 Å². The summed E-state index contributed by atoms with van der Waals surface area (Å²) in [6, 6.07) is 0. The summed E-state index contributed by atoms with van der Waals surface area (Å²) in [5.74, 6) is 0.635. The van der Waals surface area contributed by atoms with Crippen molar-refractivity contribution in [2.75, 3.05) is 6.54 Å². The lowest BCUT2D eigenvalue weighted by Gasteiger charge is -2.28. The van der Waals surface area contributed by atoms with Crippen molar-refractivity contribution in [2.45, 2.75) is 58.6 Å². The number of nitrogens with zero attached hydrogens (tertiary/aromatic N) is 3. The number of ether oxygens (including phenoxy) is 1. The molecule has 1 aromatic heterocycles. The van der Waals surface area contributed by atoms with Crippen molar-refractivity contribution >= 4 is 12.0 Å². The van der Waals surface area contributed by atoms with Crippen molar-refractivity contribution < 1.29 is 14.3 Å². The standard InChI is InChI=1S/C16H27N5O3/c1-15(2,3)24-14(23)18-10-16(7-5-6-8-16)13(22)17-9-12-19-11-20-21(12)4/h11H,5-10H2,1-4H3,(H,17,22)(H,18,23). The normalized spacial score (nSPS) is 16.7. The molecule has 0 aromatic carbocycles. The molecule has 2 rings (SSSR count). The van der Waals surface area contributed by atoms with Gasteiger partial charge < -0.3 is 15.4 Å². The van der Waals surface area contributed by atoms with Crippen LogP contribution in [0.4, 0.5) is 4.79 Å². The molecule has 0 unspecified atom stereocenters. The van der Waals surface area contributed by atoms with Gasteiger partial charge in [-0.25, -0.2) is 9.78 Å². The number of carbonyl (C=O) groups excluding carboxylic acids is 2. The average molecular weight is 337 g/mol. The van der Waals surface area contributed by atoms with Crippen LogP contribution in [0.15, 0.2) is 6.33 Å². The molecular formula is C16H27N5O3. The molecule has 1 heterocycles. The summed E-state index contributed by atoms with van der Waals surface area (Å²) in [7, 11) is 1.78. The molecule has 0 radical (unpaired) electrons. The van der Waals surface area contributed by atoms with Crippen LogP contribution in [-0.4, -0.2) is 38.9 Å². The van der Waals surface area contributed by atoms with Crippen LogP contribution in [0, 0.1) is 5.41 Å². The Morgan fingerprint density at radius 1 is 1.29 bits per heavy atom. The zero-order chi connectivity index (χ0) is 17.8. The lowest BCUT2D eigenvalue weighted by atomic mass is 9.85. The third-order valence-corrected chi connectivity index (χ3v) is 4.22. The third-order valence-electron chi connectivity index (χ3n) is 4.22. The summed E-state index contributed by atoms with van der Waals surface area (Å²) in [6.07, 6.45) is 4.44. The molecule has 0 bridgehead atoms. The maximum absolute atomic E-state index is 12.7. The fraction of sp³-hybridized carbons (Fsp3) is 0.750. The first-order chi connectivity index (χ1) is 11.2. The largest absolute Gasteiger partial charge is 0.444 e. The summed E-state index contributed by atoms with van der Waals surface area (Å²) >= 11 is 0. The van der Waals surface area contributed by atoms with Crippen LogP contribution < -0.4 is 10.6 Å². The molecule has 1 saturated carbocycles. The van der Waals surface area contributed by atoms with Crippen molar-refractivity contribution in [3.05, 3.63) is 12.2 Å². The molecule has 2 amide bonds. The van der Waals surface area contributed by atoms with Crippen LogP contribution in [-0.2, 0) is 23.1 Å². The van der Waals surface area contributed by atoms with Crippen molar-refractivity contribution in [2.24, 2.45) is 12.5 Å². The van der Waals surface area contributed by atoms with E-state index in [9.17, 15) is 9.59 Å². The number of aryl methyl sites for hydroxylation is 1. The quantitative estimate of drug-likeness (QED) is 0.849. The lowest BCUT2D eigenvalue weighted by Crippen LogP contribution is -2.47. The van der Waals surface area contributed by atoms with E-state index in [2.05, 4.69) is 20.7 Å². The molecule has 8 nitrogen and oxygen atoms in total. The van der Waals surface area contributed by atoms with Gasteiger partial charge in [0.1, 0.15) is 17.8 Å². The Morgan fingerprint density at radius 3 is 2.50 bits per heavy atom. The maximum atomic E-state index is 12.7. The van der Waals surface area contributed by atoms with Gasteiger partial charge in [-0.05, 0) is 33.6 Å². The number of hydrogen-bond acceptors (Lipinski definition) is 5. The maximum Gasteiger partial charge on any atom is 0.407 e. The molecule has 0 spiro atoms. The van der Waals surface area contributed by atoms with Gasteiger partial charge in [0.05, 0.1) is 12.0 Å². The molecule has 134 valence electrons. The number of hydrogen-bond donors (Lipinski definition) is 2. The third kappa shape index (κ3) is 4.69. The van der Waals surface area contributed by atoms with Crippen molar-refractivity contribution in [1.82, 2.24) is 25.4 Å². The number of rotatable bonds is 5. The van der Waals surface area contributed by atoms with Crippen LogP contribution in [0.2, 0.25) is 0 Å². The Morgan fingerprint density at radius 2 is 1.96 bits per heavy atom. The minimum atomic E-state index is -0.574. The molecule has 1 fully saturated rings. The van der Waals surface area contributed by atoms with E-state index in [4.69, 9.17) is 4.74 Å². The fourth-order valence-electron chi connectivity index (χ4n) is 2.92. The summed E-state index contributed by atoms with van der Waals surface area (Å²) < 4.78 is 6.88. The molecule has 24 heavy (non-hydrogen) atoms. The van der Waals surface area contributed by atoms with E-state index < -0.39 is 17.1 Å². The number of carbonyl (C=O) groups is 2. The molecule has 1 aliphatic carbocycles. The van der Waals surface area contributed by atoms with Crippen LogP contribution in [0.3, 0.4) is 0 Å².